The van der Waals surface area contributed by atoms with Gasteiger partial charge in [-0.1, -0.05) is 18.2 Å². The molecule has 0 aliphatic rings. The van der Waals surface area contributed by atoms with E-state index in [0.717, 1.165) is 16.8 Å². The van der Waals surface area contributed by atoms with Gasteiger partial charge in [-0.2, -0.15) is 0 Å². The molecule has 2 aromatic rings. The zero-order valence-electron chi connectivity index (χ0n) is 13.7. The quantitative estimate of drug-likeness (QED) is 0.907. The van der Waals surface area contributed by atoms with Gasteiger partial charge in [0.25, 0.3) is 5.91 Å². The van der Waals surface area contributed by atoms with E-state index in [1.807, 2.05) is 32.0 Å². The zero-order chi connectivity index (χ0) is 17.0. The van der Waals surface area contributed by atoms with Crippen molar-refractivity contribution in [1.29, 1.82) is 0 Å². The highest BCUT2D eigenvalue weighted by Crippen LogP contribution is 2.26. The lowest BCUT2D eigenvalue weighted by atomic mass is 10.1. The molecule has 0 unspecified atom stereocenters. The van der Waals surface area contributed by atoms with Gasteiger partial charge in [-0.05, 0) is 43.2 Å². The summed E-state index contributed by atoms with van der Waals surface area (Å²) >= 11 is 0. The van der Waals surface area contributed by atoms with Crippen molar-refractivity contribution in [2.45, 2.75) is 20.8 Å². The number of nitrogens with one attached hydrogen (secondary N) is 2. The third-order valence-corrected chi connectivity index (χ3v) is 3.48. The van der Waals surface area contributed by atoms with Crippen LogP contribution in [0.4, 0.5) is 11.4 Å². The molecule has 0 bridgehead atoms. The fourth-order valence-electron chi connectivity index (χ4n) is 2.36. The van der Waals surface area contributed by atoms with Gasteiger partial charge in [-0.3, -0.25) is 9.59 Å². The molecule has 5 nitrogen and oxygen atoms in total. The molecule has 0 radical (unpaired) electrons. The van der Waals surface area contributed by atoms with Crippen LogP contribution in [-0.2, 0) is 4.79 Å². The Bertz CT molecular complexity index is 734. The van der Waals surface area contributed by atoms with Crippen molar-refractivity contribution in [3.05, 3.63) is 53.1 Å². The first-order valence-corrected chi connectivity index (χ1v) is 7.25. The summed E-state index contributed by atoms with van der Waals surface area (Å²) in [6, 6.07) is 10.8. The average molecular weight is 312 g/mol. The van der Waals surface area contributed by atoms with E-state index < -0.39 is 0 Å². The van der Waals surface area contributed by atoms with Crippen LogP contribution in [0.5, 0.6) is 5.75 Å². The number of amides is 2. The van der Waals surface area contributed by atoms with E-state index in [9.17, 15) is 9.59 Å². The number of hydrogen-bond donors (Lipinski definition) is 2. The Balaban J connectivity index is 2.35. The van der Waals surface area contributed by atoms with Crippen LogP contribution >= 0.6 is 0 Å². The fourth-order valence-corrected chi connectivity index (χ4v) is 2.36. The van der Waals surface area contributed by atoms with Crippen molar-refractivity contribution in [3.8, 4) is 5.75 Å². The van der Waals surface area contributed by atoms with E-state index >= 15 is 0 Å². The summed E-state index contributed by atoms with van der Waals surface area (Å²) in [6.07, 6.45) is 0. The van der Waals surface area contributed by atoms with Gasteiger partial charge >= 0.3 is 0 Å². The number of carbonyl (C=O) groups is 2. The number of rotatable bonds is 4. The van der Waals surface area contributed by atoms with Gasteiger partial charge in [0, 0.05) is 18.3 Å². The Morgan fingerprint density at radius 3 is 2.22 bits per heavy atom. The van der Waals surface area contributed by atoms with Crippen LogP contribution in [0.25, 0.3) is 0 Å². The molecule has 2 aromatic carbocycles. The van der Waals surface area contributed by atoms with Crippen molar-refractivity contribution in [1.82, 2.24) is 0 Å². The van der Waals surface area contributed by atoms with Crippen molar-refractivity contribution in [2.24, 2.45) is 0 Å². The van der Waals surface area contributed by atoms with E-state index in [4.69, 9.17) is 4.74 Å². The minimum absolute atomic E-state index is 0.198. The molecule has 2 amide bonds. The predicted molar refractivity (Wildman–Crippen MR) is 91.2 cm³/mol. The van der Waals surface area contributed by atoms with E-state index in [2.05, 4.69) is 10.6 Å². The molecule has 0 heterocycles. The van der Waals surface area contributed by atoms with Crippen molar-refractivity contribution >= 4 is 23.2 Å². The van der Waals surface area contributed by atoms with Crippen LogP contribution < -0.4 is 15.4 Å². The fraction of sp³-hybridized carbons (Fsp3) is 0.222. The van der Waals surface area contributed by atoms with Gasteiger partial charge in [0.1, 0.15) is 5.75 Å². The Hall–Kier alpha value is -2.82. The maximum atomic E-state index is 12.6. The molecular weight excluding hydrogens is 292 g/mol. The largest absolute Gasteiger partial charge is 0.496 e. The molecule has 0 aliphatic carbocycles. The first-order valence-electron chi connectivity index (χ1n) is 7.25. The van der Waals surface area contributed by atoms with Gasteiger partial charge < -0.3 is 15.4 Å². The topological polar surface area (TPSA) is 67.4 Å². The van der Waals surface area contributed by atoms with Gasteiger partial charge in [-0.25, -0.2) is 0 Å². The lowest BCUT2D eigenvalue weighted by Gasteiger charge is -2.14. The average Bonchev–Trinajstić information content (AvgIpc) is 2.50. The molecule has 0 spiro atoms. The molecule has 23 heavy (non-hydrogen) atoms. The Morgan fingerprint density at radius 2 is 1.65 bits per heavy atom. The van der Waals surface area contributed by atoms with Gasteiger partial charge in [0.15, 0.2) is 0 Å². The minimum Gasteiger partial charge on any atom is -0.496 e. The molecule has 0 fully saturated rings. The second kappa shape index (κ2) is 6.96. The van der Waals surface area contributed by atoms with Crippen molar-refractivity contribution in [2.75, 3.05) is 17.7 Å². The monoisotopic (exact) mass is 312 g/mol. The van der Waals surface area contributed by atoms with Crippen LogP contribution in [0.2, 0.25) is 0 Å². The normalized spacial score (nSPS) is 10.1. The van der Waals surface area contributed by atoms with Crippen LogP contribution in [-0.4, -0.2) is 18.9 Å². The molecular formula is C18H20N2O3. The standard InChI is InChI=1S/C18H20N2O3/c1-11-6-5-7-12(2)17(11)20-18(22)15-10-14(19-13(3)21)8-9-16(15)23-4/h5-10H,1-4H3,(H,19,21)(H,20,22). The number of carbonyl (C=O) groups excluding carboxylic acids is 2. The summed E-state index contributed by atoms with van der Waals surface area (Å²) in [7, 11) is 1.50. The maximum Gasteiger partial charge on any atom is 0.259 e. The van der Waals surface area contributed by atoms with Crippen molar-refractivity contribution < 1.29 is 14.3 Å². The number of benzene rings is 2. The van der Waals surface area contributed by atoms with E-state index in [1.54, 1.807) is 18.2 Å². The summed E-state index contributed by atoms with van der Waals surface area (Å²) in [5, 5.41) is 5.58. The third kappa shape index (κ3) is 3.88. The highest BCUT2D eigenvalue weighted by atomic mass is 16.5. The second-order valence-electron chi connectivity index (χ2n) is 5.32. The Labute approximate surface area is 135 Å². The third-order valence-electron chi connectivity index (χ3n) is 3.48. The molecule has 5 heteroatoms. The van der Waals surface area contributed by atoms with Crippen molar-refractivity contribution in [3.63, 3.8) is 0 Å². The molecule has 0 saturated heterocycles. The maximum absolute atomic E-state index is 12.6. The van der Waals surface area contributed by atoms with Gasteiger partial charge in [-0.15, -0.1) is 0 Å². The lowest BCUT2D eigenvalue weighted by molar-refractivity contribution is -0.114. The summed E-state index contributed by atoms with van der Waals surface area (Å²) in [6.45, 7) is 5.29. The number of para-hydroxylation sites is 1. The molecule has 0 aliphatic heterocycles. The molecule has 2 N–H and O–H groups in total. The number of aryl methyl sites for hydroxylation is 2. The Kier molecular flexibility index (Phi) is 5.01. The van der Waals surface area contributed by atoms with Crippen LogP contribution in [0.3, 0.4) is 0 Å². The van der Waals surface area contributed by atoms with Gasteiger partial charge in [0.05, 0.1) is 12.7 Å². The first-order chi connectivity index (χ1) is 10.9. The number of hydrogen-bond acceptors (Lipinski definition) is 3. The van der Waals surface area contributed by atoms with Crippen LogP contribution in [0.15, 0.2) is 36.4 Å². The molecule has 0 aromatic heterocycles. The molecule has 2 rings (SSSR count). The molecule has 0 saturated carbocycles. The summed E-state index contributed by atoms with van der Waals surface area (Å²) in [5.74, 6) is -0.0365. The number of anilines is 2. The predicted octanol–water partition coefficient (Wildman–Crippen LogP) is 3.52. The lowest BCUT2D eigenvalue weighted by Crippen LogP contribution is -2.16. The number of methoxy groups -OCH3 is 1. The van der Waals surface area contributed by atoms with Crippen LogP contribution in [0, 0.1) is 13.8 Å². The number of ether oxygens (including phenoxy) is 1. The highest BCUT2D eigenvalue weighted by Gasteiger charge is 2.15. The second-order valence-corrected chi connectivity index (χ2v) is 5.32. The van der Waals surface area contributed by atoms with Crippen LogP contribution in [0.1, 0.15) is 28.4 Å². The first kappa shape index (κ1) is 16.5. The smallest absolute Gasteiger partial charge is 0.259 e. The zero-order valence-corrected chi connectivity index (χ0v) is 13.7. The molecule has 0 atom stereocenters. The minimum atomic E-state index is -0.286. The van der Waals surface area contributed by atoms with Gasteiger partial charge in [0.2, 0.25) is 5.91 Å². The SMILES string of the molecule is COc1ccc(NC(C)=O)cc1C(=O)Nc1c(C)cccc1C. The summed E-state index contributed by atoms with van der Waals surface area (Å²) in [4.78, 5) is 23.8. The molecule has 120 valence electrons. The van der Waals surface area contributed by atoms with E-state index in [1.165, 1.54) is 14.0 Å². The highest BCUT2D eigenvalue weighted by molar-refractivity contribution is 6.08. The summed E-state index contributed by atoms with van der Waals surface area (Å²) < 4.78 is 5.25. The Morgan fingerprint density at radius 1 is 1.00 bits per heavy atom. The summed E-state index contributed by atoms with van der Waals surface area (Å²) in [5.41, 5.74) is 3.65. The van der Waals surface area contributed by atoms with E-state index in [0.29, 0.717) is 17.0 Å². The van der Waals surface area contributed by atoms with E-state index in [-0.39, 0.29) is 11.8 Å².